The van der Waals surface area contributed by atoms with Crippen LogP contribution in [0.15, 0.2) is 47.5 Å². The summed E-state index contributed by atoms with van der Waals surface area (Å²) >= 11 is 0. The van der Waals surface area contributed by atoms with E-state index in [1.165, 1.54) is 16.6 Å². The van der Waals surface area contributed by atoms with Crippen molar-refractivity contribution in [3.63, 3.8) is 0 Å². The highest BCUT2D eigenvalue weighted by Gasteiger charge is 2.28. The molecule has 0 aliphatic carbocycles. The van der Waals surface area contributed by atoms with Gasteiger partial charge in [-0.05, 0) is 18.2 Å². The predicted molar refractivity (Wildman–Crippen MR) is 94.0 cm³/mol. The van der Waals surface area contributed by atoms with Gasteiger partial charge < -0.3 is 14.5 Å². The van der Waals surface area contributed by atoms with Gasteiger partial charge in [0, 0.05) is 24.8 Å². The lowest BCUT2D eigenvalue weighted by atomic mass is 10.2. The standard InChI is InChI=1S/C18H18N2O5S/c21-18(25-10-4-7-15-5-2-1-3-6-15)17-13-16(14-19-17)26(22,23)20-8-11-24-12-9-20/h1-3,5-6,13-14,19H,8-12H2. The summed E-state index contributed by atoms with van der Waals surface area (Å²) in [6.45, 7) is 1.22. The molecule has 0 atom stereocenters. The Morgan fingerprint density at radius 2 is 1.96 bits per heavy atom. The van der Waals surface area contributed by atoms with Crippen LogP contribution in [-0.4, -0.2) is 56.6 Å². The Morgan fingerprint density at radius 3 is 2.69 bits per heavy atom. The Hall–Kier alpha value is -2.60. The number of aromatic amines is 1. The molecule has 7 nitrogen and oxygen atoms in total. The summed E-state index contributed by atoms with van der Waals surface area (Å²) in [7, 11) is -3.65. The van der Waals surface area contributed by atoms with E-state index >= 15 is 0 Å². The van der Waals surface area contributed by atoms with Gasteiger partial charge in [0.25, 0.3) is 0 Å². The van der Waals surface area contributed by atoms with Crippen molar-refractivity contribution in [2.45, 2.75) is 4.90 Å². The van der Waals surface area contributed by atoms with Crippen LogP contribution in [0.5, 0.6) is 0 Å². The van der Waals surface area contributed by atoms with E-state index in [0.717, 1.165) is 5.56 Å². The molecular formula is C18H18N2O5S. The molecule has 1 aromatic heterocycles. The van der Waals surface area contributed by atoms with Gasteiger partial charge in [0.15, 0.2) is 6.61 Å². The molecule has 3 rings (SSSR count). The highest BCUT2D eigenvalue weighted by Crippen LogP contribution is 2.18. The summed E-state index contributed by atoms with van der Waals surface area (Å²) in [6.07, 6.45) is 1.29. The van der Waals surface area contributed by atoms with E-state index < -0.39 is 16.0 Å². The van der Waals surface area contributed by atoms with Crippen molar-refractivity contribution < 1.29 is 22.7 Å². The smallest absolute Gasteiger partial charge is 0.355 e. The van der Waals surface area contributed by atoms with Crippen LogP contribution in [0.3, 0.4) is 0 Å². The van der Waals surface area contributed by atoms with Crippen molar-refractivity contribution in [3.05, 3.63) is 53.9 Å². The van der Waals surface area contributed by atoms with E-state index in [9.17, 15) is 13.2 Å². The fourth-order valence-electron chi connectivity index (χ4n) is 2.42. The fraction of sp³-hybridized carbons (Fsp3) is 0.278. The number of esters is 1. The topological polar surface area (TPSA) is 88.7 Å². The van der Waals surface area contributed by atoms with Crippen LogP contribution in [0, 0.1) is 11.8 Å². The molecule has 8 heteroatoms. The zero-order valence-electron chi connectivity index (χ0n) is 14.0. The SMILES string of the molecule is O=C(OCC#Cc1ccccc1)c1cc(S(=O)(=O)N2CCOCC2)c[nH]1. The van der Waals surface area contributed by atoms with Crippen LogP contribution >= 0.6 is 0 Å². The Bertz CT molecular complexity index is 919. The Labute approximate surface area is 152 Å². The van der Waals surface area contributed by atoms with E-state index in [-0.39, 0.29) is 17.2 Å². The summed E-state index contributed by atoms with van der Waals surface area (Å²) in [6, 6.07) is 10.6. The number of benzene rings is 1. The molecule has 0 unspecified atom stereocenters. The highest BCUT2D eigenvalue weighted by molar-refractivity contribution is 7.89. The molecule has 0 saturated carbocycles. The number of carbonyl (C=O) groups excluding carboxylic acids is 1. The number of hydrogen-bond donors (Lipinski definition) is 1. The van der Waals surface area contributed by atoms with Crippen LogP contribution < -0.4 is 0 Å². The van der Waals surface area contributed by atoms with E-state index in [0.29, 0.717) is 26.3 Å². The summed E-state index contributed by atoms with van der Waals surface area (Å²) in [5.74, 6) is 4.96. The summed E-state index contributed by atoms with van der Waals surface area (Å²) in [5, 5.41) is 0. The van der Waals surface area contributed by atoms with Crippen LogP contribution in [0.4, 0.5) is 0 Å². The lowest BCUT2D eigenvalue weighted by Crippen LogP contribution is -2.40. The van der Waals surface area contributed by atoms with Gasteiger partial charge in [0.2, 0.25) is 10.0 Å². The first-order valence-electron chi connectivity index (χ1n) is 8.05. The first-order valence-corrected chi connectivity index (χ1v) is 9.49. The minimum Gasteiger partial charge on any atom is -0.448 e. The molecule has 2 heterocycles. The van der Waals surface area contributed by atoms with Crippen molar-refractivity contribution in [1.82, 2.24) is 9.29 Å². The minimum absolute atomic E-state index is 0.0294. The van der Waals surface area contributed by atoms with Crippen molar-refractivity contribution in [2.24, 2.45) is 0 Å². The third-order valence-corrected chi connectivity index (χ3v) is 5.64. The summed E-state index contributed by atoms with van der Waals surface area (Å²) in [4.78, 5) is 14.7. The first kappa shape index (κ1) is 18.2. The van der Waals surface area contributed by atoms with Crippen LogP contribution in [0.2, 0.25) is 0 Å². The molecule has 26 heavy (non-hydrogen) atoms. The van der Waals surface area contributed by atoms with E-state index in [4.69, 9.17) is 9.47 Å². The lowest BCUT2D eigenvalue weighted by Gasteiger charge is -2.25. The molecule has 1 saturated heterocycles. The quantitative estimate of drug-likeness (QED) is 0.643. The molecule has 1 aliphatic heterocycles. The van der Waals surface area contributed by atoms with Gasteiger partial charge in [-0.2, -0.15) is 4.31 Å². The molecule has 136 valence electrons. The highest BCUT2D eigenvalue weighted by atomic mass is 32.2. The number of hydrogen-bond acceptors (Lipinski definition) is 5. The second-order valence-corrected chi connectivity index (χ2v) is 7.45. The first-order chi connectivity index (χ1) is 12.6. The summed E-state index contributed by atoms with van der Waals surface area (Å²) in [5.41, 5.74) is 0.889. The largest absolute Gasteiger partial charge is 0.448 e. The number of sulfonamides is 1. The number of carbonyl (C=O) groups is 1. The van der Waals surface area contributed by atoms with Gasteiger partial charge in [-0.25, -0.2) is 13.2 Å². The van der Waals surface area contributed by atoms with Crippen molar-refractivity contribution in [1.29, 1.82) is 0 Å². The van der Waals surface area contributed by atoms with Gasteiger partial charge in [-0.15, -0.1) is 0 Å². The molecular weight excluding hydrogens is 356 g/mol. The maximum Gasteiger partial charge on any atom is 0.355 e. The molecule has 1 N–H and O–H groups in total. The number of nitrogens with zero attached hydrogens (tertiary/aromatic N) is 1. The van der Waals surface area contributed by atoms with Crippen molar-refractivity contribution in [3.8, 4) is 11.8 Å². The lowest BCUT2D eigenvalue weighted by molar-refractivity contribution is 0.0550. The van der Waals surface area contributed by atoms with Crippen molar-refractivity contribution in [2.75, 3.05) is 32.9 Å². The minimum atomic E-state index is -3.65. The molecule has 2 aromatic rings. The zero-order valence-corrected chi connectivity index (χ0v) is 14.8. The molecule has 1 aromatic carbocycles. The molecule has 0 bridgehead atoms. The van der Waals surface area contributed by atoms with Gasteiger partial charge in [-0.1, -0.05) is 30.0 Å². The normalized spacial score (nSPS) is 15.1. The Kier molecular flexibility index (Phi) is 5.73. The molecule has 0 radical (unpaired) electrons. The van der Waals surface area contributed by atoms with Gasteiger partial charge in [-0.3, -0.25) is 0 Å². The second-order valence-electron chi connectivity index (χ2n) is 5.51. The van der Waals surface area contributed by atoms with Crippen LogP contribution in [-0.2, 0) is 19.5 Å². The third-order valence-electron chi connectivity index (χ3n) is 3.77. The second kappa shape index (κ2) is 8.19. The maximum atomic E-state index is 12.5. The van der Waals surface area contributed by atoms with Gasteiger partial charge in [0.05, 0.1) is 13.2 Å². The number of H-pyrrole nitrogens is 1. The van der Waals surface area contributed by atoms with E-state index in [1.807, 2.05) is 30.3 Å². The van der Waals surface area contributed by atoms with E-state index in [1.54, 1.807) is 0 Å². The number of nitrogens with one attached hydrogen (secondary N) is 1. The van der Waals surface area contributed by atoms with Gasteiger partial charge in [0.1, 0.15) is 10.6 Å². The van der Waals surface area contributed by atoms with Crippen molar-refractivity contribution >= 4 is 16.0 Å². The monoisotopic (exact) mass is 374 g/mol. The Morgan fingerprint density at radius 1 is 1.23 bits per heavy atom. The number of rotatable bonds is 4. The fourth-order valence-corrected chi connectivity index (χ4v) is 3.82. The van der Waals surface area contributed by atoms with E-state index in [2.05, 4.69) is 16.8 Å². The number of ether oxygens (including phenoxy) is 2. The third kappa shape index (κ3) is 4.32. The average molecular weight is 374 g/mol. The molecule has 1 fully saturated rings. The molecule has 0 spiro atoms. The Balaban J connectivity index is 1.60. The van der Waals surface area contributed by atoms with Crippen LogP contribution in [0.1, 0.15) is 16.1 Å². The van der Waals surface area contributed by atoms with Gasteiger partial charge >= 0.3 is 5.97 Å². The summed E-state index contributed by atoms with van der Waals surface area (Å²) < 4.78 is 36.6. The maximum absolute atomic E-state index is 12.5. The average Bonchev–Trinajstić information content (AvgIpc) is 3.18. The molecule has 0 amide bonds. The number of aromatic nitrogens is 1. The molecule has 1 aliphatic rings. The number of morpholine rings is 1. The zero-order chi connectivity index (χ0) is 18.4. The predicted octanol–water partition coefficient (Wildman–Crippen LogP) is 1.24. The van der Waals surface area contributed by atoms with Crippen LogP contribution in [0.25, 0.3) is 0 Å².